The third kappa shape index (κ3) is 2.93. The Balaban J connectivity index is 1.92. The summed E-state index contributed by atoms with van der Waals surface area (Å²) < 4.78 is 0. The summed E-state index contributed by atoms with van der Waals surface area (Å²) in [6.45, 7) is 6.11. The van der Waals surface area contributed by atoms with E-state index in [1.165, 1.54) is 57.5 Å². The van der Waals surface area contributed by atoms with Gasteiger partial charge in [0.15, 0.2) is 0 Å². The lowest BCUT2D eigenvalue weighted by Gasteiger charge is -2.49. The topological polar surface area (TPSA) is 15.3 Å². The zero-order valence-electron chi connectivity index (χ0n) is 10.8. The van der Waals surface area contributed by atoms with Gasteiger partial charge in [0.2, 0.25) is 0 Å². The fourth-order valence-electron chi connectivity index (χ4n) is 3.17. The highest BCUT2D eigenvalue weighted by molar-refractivity contribution is 7.98. The Kier molecular flexibility index (Phi) is 4.57. The van der Waals surface area contributed by atoms with Crippen molar-refractivity contribution in [3.63, 3.8) is 0 Å². The molecule has 94 valence electrons. The Morgan fingerprint density at radius 2 is 2.06 bits per heavy atom. The molecule has 1 spiro atoms. The highest BCUT2D eigenvalue weighted by Gasteiger charge is 2.38. The van der Waals surface area contributed by atoms with Crippen molar-refractivity contribution in [2.45, 2.75) is 50.6 Å². The predicted molar refractivity (Wildman–Crippen MR) is 73.2 cm³/mol. The SMILES string of the molecule is CSCCN1CC2(CCCCC2)NCC1C. The normalized spacial score (nSPS) is 30.8. The number of rotatable bonds is 3. The number of thioether (sulfide) groups is 1. The van der Waals surface area contributed by atoms with E-state index in [2.05, 4.69) is 23.4 Å². The maximum absolute atomic E-state index is 3.84. The highest BCUT2D eigenvalue weighted by Crippen LogP contribution is 2.31. The van der Waals surface area contributed by atoms with Crippen molar-refractivity contribution in [3.05, 3.63) is 0 Å². The second kappa shape index (κ2) is 5.74. The van der Waals surface area contributed by atoms with E-state index in [0.717, 1.165) is 6.04 Å². The van der Waals surface area contributed by atoms with Crippen LogP contribution < -0.4 is 5.32 Å². The van der Waals surface area contributed by atoms with Gasteiger partial charge in [0.05, 0.1) is 0 Å². The minimum atomic E-state index is 0.475. The molecule has 1 aliphatic carbocycles. The zero-order valence-corrected chi connectivity index (χ0v) is 11.6. The molecule has 0 aromatic heterocycles. The molecular weight excluding hydrogens is 216 g/mol. The number of nitrogens with one attached hydrogen (secondary N) is 1. The van der Waals surface area contributed by atoms with Crippen LogP contribution in [0.15, 0.2) is 0 Å². The fourth-order valence-corrected chi connectivity index (χ4v) is 3.58. The number of nitrogens with zero attached hydrogens (tertiary/aromatic N) is 1. The Morgan fingerprint density at radius 3 is 2.75 bits per heavy atom. The van der Waals surface area contributed by atoms with E-state index in [0.29, 0.717) is 5.54 Å². The van der Waals surface area contributed by atoms with Crippen LogP contribution >= 0.6 is 11.8 Å². The van der Waals surface area contributed by atoms with Crippen molar-refractivity contribution in [3.8, 4) is 0 Å². The molecule has 1 unspecified atom stereocenters. The third-order valence-electron chi connectivity index (χ3n) is 4.29. The standard InChI is InChI=1S/C13H26N2S/c1-12-10-14-13(6-4-3-5-7-13)11-15(12)8-9-16-2/h12,14H,3-11H2,1-2H3. The van der Waals surface area contributed by atoms with Gasteiger partial charge in [-0.2, -0.15) is 11.8 Å². The van der Waals surface area contributed by atoms with Crippen molar-refractivity contribution in [2.75, 3.05) is 31.6 Å². The molecule has 1 N–H and O–H groups in total. The van der Waals surface area contributed by atoms with Crippen LogP contribution in [-0.2, 0) is 0 Å². The lowest BCUT2D eigenvalue weighted by molar-refractivity contribution is 0.0679. The number of hydrogen-bond donors (Lipinski definition) is 1. The molecule has 2 fully saturated rings. The second-order valence-electron chi connectivity index (χ2n) is 5.53. The van der Waals surface area contributed by atoms with E-state index < -0.39 is 0 Å². The Hall–Kier alpha value is 0.270. The van der Waals surface area contributed by atoms with Gasteiger partial charge in [0, 0.05) is 37.0 Å². The molecule has 2 aliphatic rings. The molecule has 1 aliphatic heterocycles. The monoisotopic (exact) mass is 242 g/mol. The molecule has 1 saturated heterocycles. The van der Waals surface area contributed by atoms with Gasteiger partial charge in [-0.25, -0.2) is 0 Å². The molecule has 1 atom stereocenters. The summed E-state index contributed by atoms with van der Waals surface area (Å²) in [6, 6.07) is 0.722. The first-order chi connectivity index (χ1) is 7.76. The Morgan fingerprint density at radius 1 is 1.31 bits per heavy atom. The molecular formula is C13H26N2S. The largest absolute Gasteiger partial charge is 0.308 e. The van der Waals surface area contributed by atoms with Crippen molar-refractivity contribution in [2.24, 2.45) is 0 Å². The van der Waals surface area contributed by atoms with E-state index in [1.54, 1.807) is 0 Å². The van der Waals surface area contributed by atoms with Crippen molar-refractivity contribution in [1.82, 2.24) is 10.2 Å². The average molecular weight is 242 g/mol. The van der Waals surface area contributed by atoms with Gasteiger partial charge in [-0.1, -0.05) is 19.3 Å². The van der Waals surface area contributed by atoms with Gasteiger partial charge in [-0.15, -0.1) is 0 Å². The van der Waals surface area contributed by atoms with Gasteiger partial charge < -0.3 is 5.32 Å². The van der Waals surface area contributed by atoms with E-state index >= 15 is 0 Å². The minimum absolute atomic E-state index is 0.475. The molecule has 0 radical (unpaired) electrons. The highest BCUT2D eigenvalue weighted by atomic mass is 32.2. The van der Waals surface area contributed by atoms with Gasteiger partial charge in [0.1, 0.15) is 0 Å². The smallest absolute Gasteiger partial charge is 0.0309 e. The van der Waals surface area contributed by atoms with E-state index in [4.69, 9.17) is 0 Å². The zero-order chi connectivity index (χ0) is 11.4. The Labute approximate surface area is 105 Å². The molecule has 0 aromatic rings. The van der Waals surface area contributed by atoms with Gasteiger partial charge in [-0.05, 0) is 26.0 Å². The first-order valence-electron chi connectivity index (χ1n) is 6.74. The fraction of sp³-hybridized carbons (Fsp3) is 1.00. The second-order valence-corrected chi connectivity index (χ2v) is 6.52. The molecule has 0 aromatic carbocycles. The average Bonchev–Trinajstić information content (AvgIpc) is 2.32. The lowest BCUT2D eigenvalue weighted by Crippen LogP contribution is -2.64. The maximum atomic E-state index is 3.84. The summed E-state index contributed by atoms with van der Waals surface area (Å²) >= 11 is 1.97. The van der Waals surface area contributed by atoms with Crippen LogP contribution in [0.2, 0.25) is 0 Å². The number of hydrogen-bond acceptors (Lipinski definition) is 3. The summed E-state index contributed by atoms with van der Waals surface area (Å²) in [7, 11) is 0. The third-order valence-corrected chi connectivity index (χ3v) is 4.89. The summed E-state index contributed by atoms with van der Waals surface area (Å²) in [5, 5.41) is 3.84. The molecule has 0 amide bonds. The van der Waals surface area contributed by atoms with E-state index in [-0.39, 0.29) is 0 Å². The van der Waals surface area contributed by atoms with Crippen LogP contribution in [0.3, 0.4) is 0 Å². The molecule has 1 heterocycles. The van der Waals surface area contributed by atoms with Crippen LogP contribution in [0.5, 0.6) is 0 Å². The van der Waals surface area contributed by atoms with Gasteiger partial charge in [-0.3, -0.25) is 4.90 Å². The van der Waals surface area contributed by atoms with Crippen molar-refractivity contribution >= 4 is 11.8 Å². The van der Waals surface area contributed by atoms with Gasteiger partial charge in [0.25, 0.3) is 0 Å². The maximum Gasteiger partial charge on any atom is 0.0309 e. The molecule has 2 rings (SSSR count). The molecule has 3 heteroatoms. The molecule has 16 heavy (non-hydrogen) atoms. The first-order valence-corrected chi connectivity index (χ1v) is 8.13. The van der Waals surface area contributed by atoms with Crippen LogP contribution in [0.1, 0.15) is 39.0 Å². The van der Waals surface area contributed by atoms with Crippen LogP contribution in [0, 0.1) is 0 Å². The van der Waals surface area contributed by atoms with Crippen LogP contribution in [0.25, 0.3) is 0 Å². The summed E-state index contributed by atoms with van der Waals surface area (Å²) in [6.07, 6.45) is 9.31. The van der Waals surface area contributed by atoms with Crippen molar-refractivity contribution in [1.29, 1.82) is 0 Å². The van der Waals surface area contributed by atoms with Crippen molar-refractivity contribution < 1.29 is 0 Å². The summed E-state index contributed by atoms with van der Waals surface area (Å²) in [4.78, 5) is 2.71. The Bertz CT molecular complexity index is 214. The minimum Gasteiger partial charge on any atom is -0.308 e. The predicted octanol–water partition coefficient (Wildman–Crippen LogP) is 2.35. The van der Waals surface area contributed by atoms with E-state index in [1.807, 2.05) is 11.8 Å². The number of piperazine rings is 1. The molecule has 0 bridgehead atoms. The summed E-state index contributed by atoms with van der Waals surface area (Å²) in [5.41, 5.74) is 0.475. The molecule has 2 nitrogen and oxygen atoms in total. The lowest BCUT2D eigenvalue weighted by atomic mass is 9.79. The molecule has 1 saturated carbocycles. The first kappa shape index (κ1) is 12.7. The van der Waals surface area contributed by atoms with Gasteiger partial charge >= 0.3 is 0 Å². The quantitative estimate of drug-likeness (QED) is 0.818. The van der Waals surface area contributed by atoms with Crippen LogP contribution in [0.4, 0.5) is 0 Å². The summed E-state index contributed by atoms with van der Waals surface area (Å²) in [5.74, 6) is 1.28. The van der Waals surface area contributed by atoms with E-state index in [9.17, 15) is 0 Å². The van der Waals surface area contributed by atoms with Crippen LogP contribution in [-0.4, -0.2) is 48.1 Å².